The minimum atomic E-state index is -0.775. The molecule has 398 valence electrons. The Morgan fingerprint density at radius 3 is 0.853 bits per heavy atom. The second-order valence-electron chi connectivity index (χ2n) is 20.3. The van der Waals surface area contributed by atoms with E-state index in [1.165, 1.54) is 212 Å². The van der Waals surface area contributed by atoms with Gasteiger partial charge in [0, 0.05) is 19.3 Å². The van der Waals surface area contributed by atoms with Gasteiger partial charge < -0.3 is 14.2 Å². The van der Waals surface area contributed by atoms with Crippen molar-refractivity contribution >= 4 is 17.9 Å². The van der Waals surface area contributed by atoms with E-state index in [1.54, 1.807) is 0 Å². The van der Waals surface area contributed by atoms with Gasteiger partial charge in [-0.05, 0) is 77.0 Å². The number of carbonyl (C=O) groups is 3. The standard InChI is InChI=1S/C62H114O6/c1-4-7-10-13-16-19-22-25-28-30-31-32-35-37-40-43-46-49-52-55-61(64)67-58-59(57-66-60(63)54-51-48-45-42-39-36-33-27-24-21-18-15-12-9-6-3)68-62(65)56-53-50-47-44-41-38-34-29-26-23-20-17-14-11-8-5-2/h16,19,25,28-29,34,59H,4-15,17-18,20-24,26-27,30-33,35-58H2,1-3H3/b19-16-,28-25-,34-29-/t59-/m1/s1. The number of hydrogen-bond acceptors (Lipinski definition) is 6. The van der Waals surface area contributed by atoms with E-state index in [-0.39, 0.29) is 31.1 Å². The Hall–Kier alpha value is -2.37. The van der Waals surface area contributed by atoms with Gasteiger partial charge in [0.2, 0.25) is 0 Å². The number of esters is 3. The molecule has 0 N–H and O–H groups in total. The van der Waals surface area contributed by atoms with Crippen molar-refractivity contribution in [3.8, 4) is 0 Å². The smallest absolute Gasteiger partial charge is 0.306 e. The number of ether oxygens (including phenoxy) is 3. The van der Waals surface area contributed by atoms with E-state index in [0.29, 0.717) is 19.3 Å². The average Bonchev–Trinajstić information content (AvgIpc) is 3.34. The number of carbonyl (C=O) groups excluding carboxylic acids is 3. The Morgan fingerprint density at radius 2 is 0.529 bits per heavy atom. The molecule has 0 aliphatic carbocycles. The molecule has 0 aromatic rings. The van der Waals surface area contributed by atoms with Crippen molar-refractivity contribution in [1.82, 2.24) is 0 Å². The van der Waals surface area contributed by atoms with Gasteiger partial charge in [-0.1, -0.05) is 263 Å². The van der Waals surface area contributed by atoms with Crippen LogP contribution in [0, 0.1) is 0 Å². The van der Waals surface area contributed by atoms with Crippen LogP contribution in [0.5, 0.6) is 0 Å². The lowest BCUT2D eigenvalue weighted by atomic mass is 10.0. The highest BCUT2D eigenvalue weighted by Gasteiger charge is 2.19. The quantitative estimate of drug-likeness (QED) is 0.0262. The minimum Gasteiger partial charge on any atom is -0.462 e. The summed E-state index contributed by atoms with van der Waals surface area (Å²) in [6.45, 7) is 6.65. The summed E-state index contributed by atoms with van der Waals surface area (Å²) in [6.07, 6.45) is 68.4. The first-order valence-electron chi connectivity index (χ1n) is 30.0. The molecule has 0 saturated carbocycles. The third kappa shape index (κ3) is 54.6. The van der Waals surface area contributed by atoms with Crippen LogP contribution in [0.3, 0.4) is 0 Å². The number of hydrogen-bond donors (Lipinski definition) is 0. The zero-order valence-electron chi connectivity index (χ0n) is 45.6. The van der Waals surface area contributed by atoms with Crippen LogP contribution < -0.4 is 0 Å². The largest absolute Gasteiger partial charge is 0.462 e. The molecular weight excluding hydrogens is 841 g/mol. The van der Waals surface area contributed by atoms with Crippen molar-refractivity contribution in [3.63, 3.8) is 0 Å². The first-order chi connectivity index (χ1) is 33.5. The lowest BCUT2D eigenvalue weighted by Gasteiger charge is -2.18. The highest BCUT2D eigenvalue weighted by molar-refractivity contribution is 5.71. The predicted molar refractivity (Wildman–Crippen MR) is 293 cm³/mol. The van der Waals surface area contributed by atoms with Crippen molar-refractivity contribution in [2.24, 2.45) is 0 Å². The third-order valence-electron chi connectivity index (χ3n) is 13.4. The maximum atomic E-state index is 12.9. The van der Waals surface area contributed by atoms with E-state index < -0.39 is 6.10 Å². The summed E-state index contributed by atoms with van der Waals surface area (Å²) in [4.78, 5) is 38.2. The van der Waals surface area contributed by atoms with Gasteiger partial charge >= 0.3 is 17.9 Å². The molecule has 6 heteroatoms. The number of rotatable bonds is 55. The van der Waals surface area contributed by atoms with Crippen LogP contribution in [-0.2, 0) is 28.6 Å². The Balaban J connectivity index is 4.35. The van der Waals surface area contributed by atoms with Gasteiger partial charge in [0.15, 0.2) is 6.10 Å². The van der Waals surface area contributed by atoms with E-state index in [2.05, 4.69) is 57.2 Å². The predicted octanol–water partition coefficient (Wildman–Crippen LogP) is 20.0. The number of allylic oxidation sites excluding steroid dienone is 6. The maximum absolute atomic E-state index is 12.9. The summed E-state index contributed by atoms with van der Waals surface area (Å²) in [5, 5.41) is 0. The first-order valence-corrected chi connectivity index (χ1v) is 30.0. The van der Waals surface area contributed by atoms with Gasteiger partial charge in [-0.2, -0.15) is 0 Å². The monoisotopic (exact) mass is 955 g/mol. The zero-order chi connectivity index (χ0) is 49.3. The van der Waals surface area contributed by atoms with E-state index >= 15 is 0 Å². The molecule has 0 bridgehead atoms. The van der Waals surface area contributed by atoms with Crippen LogP contribution in [0.4, 0.5) is 0 Å². The zero-order valence-corrected chi connectivity index (χ0v) is 45.6. The summed E-state index contributed by atoms with van der Waals surface area (Å²) in [6, 6.07) is 0. The maximum Gasteiger partial charge on any atom is 0.306 e. The fourth-order valence-corrected chi connectivity index (χ4v) is 8.82. The van der Waals surface area contributed by atoms with Gasteiger partial charge in [0.25, 0.3) is 0 Å². The van der Waals surface area contributed by atoms with E-state index in [1.807, 2.05) is 0 Å². The highest BCUT2D eigenvalue weighted by Crippen LogP contribution is 2.16. The van der Waals surface area contributed by atoms with Gasteiger partial charge in [0.1, 0.15) is 13.2 Å². The second-order valence-corrected chi connectivity index (χ2v) is 20.3. The Bertz CT molecular complexity index is 1140. The fraction of sp³-hybridized carbons (Fsp3) is 0.855. The molecule has 0 aliphatic heterocycles. The van der Waals surface area contributed by atoms with Gasteiger partial charge in [-0.25, -0.2) is 0 Å². The molecule has 68 heavy (non-hydrogen) atoms. The minimum absolute atomic E-state index is 0.0728. The molecule has 0 amide bonds. The Labute approximate surface area is 423 Å². The lowest BCUT2D eigenvalue weighted by molar-refractivity contribution is -0.167. The van der Waals surface area contributed by atoms with Crippen molar-refractivity contribution in [3.05, 3.63) is 36.5 Å². The van der Waals surface area contributed by atoms with E-state index in [4.69, 9.17) is 14.2 Å². The van der Waals surface area contributed by atoms with Gasteiger partial charge in [-0.15, -0.1) is 0 Å². The third-order valence-corrected chi connectivity index (χ3v) is 13.4. The van der Waals surface area contributed by atoms with Crippen molar-refractivity contribution in [1.29, 1.82) is 0 Å². The topological polar surface area (TPSA) is 78.9 Å². The molecule has 0 unspecified atom stereocenters. The van der Waals surface area contributed by atoms with E-state index in [9.17, 15) is 14.4 Å². The van der Waals surface area contributed by atoms with Gasteiger partial charge in [0.05, 0.1) is 0 Å². The molecule has 0 rings (SSSR count). The van der Waals surface area contributed by atoms with Crippen molar-refractivity contribution in [2.75, 3.05) is 13.2 Å². The SMILES string of the molecule is CCCCC/C=C\C/C=C\CCCCCCCCCCCC(=O)OC[C@@H](COC(=O)CCCCCCCCCCCCCCCCC)OC(=O)CCCCCCC/C=C\CCCCCCCCC. The summed E-state index contributed by atoms with van der Waals surface area (Å²) in [5.74, 6) is -0.866. The van der Waals surface area contributed by atoms with Crippen LogP contribution in [0.25, 0.3) is 0 Å². The number of unbranched alkanes of at least 4 members (excludes halogenated alkanes) is 38. The van der Waals surface area contributed by atoms with Crippen molar-refractivity contribution < 1.29 is 28.6 Å². The molecular formula is C62H114O6. The average molecular weight is 956 g/mol. The molecule has 0 saturated heterocycles. The summed E-state index contributed by atoms with van der Waals surface area (Å²) < 4.78 is 16.9. The van der Waals surface area contributed by atoms with Gasteiger partial charge in [-0.3, -0.25) is 14.4 Å². The molecule has 0 spiro atoms. The highest BCUT2D eigenvalue weighted by atomic mass is 16.6. The van der Waals surface area contributed by atoms with Crippen LogP contribution in [-0.4, -0.2) is 37.2 Å². The molecule has 0 fully saturated rings. The lowest BCUT2D eigenvalue weighted by Crippen LogP contribution is -2.30. The summed E-state index contributed by atoms with van der Waals surface area (Å²) >= 11 is 0. The normalized spacial score (nSPS) is 12.2. The summed E-state index contributed by atoms with van der Waals surface area (Å²) in [5.41, 5.74) is 0. The molecule has 0 aliphatic rings. The molecule has 0 heterocycles. The Morgan fingerprint density at radius 1 is 0.294 bits per heavy atom. The molecule has 0 aromatic heterocycles. The molecule has 6 nitrogen and oxygen atoms in total. The molecule has 1 atom stereocenters. The van der Waals surface area contributed by atoms with E-state index in [0.717, 1.165) is 70.6 Å². The molecule has 0 radical (unpaired) electrons. The second kappa shape index (κ2) is 57.2. The van der Waals surface area contributed by atoms with Crippen molar-refractivity contribution in [2.45, 2.75) is 329 Å². The van der Waals surface area contributed by atoms with Crippen LogP contribution in [0.15, 0.2) is 36.5 Å². The summed E-state index contributed by atoms with van der Waals surface area (Å²) in [7, 11) is 0. The fourth-order valence-electron chi connectivity index (χ4n) is 8.82. The first kappa shape index (κ1) is 65.6. The van der Waals surface area contributed by atoms with Crippen LogP contribution in [0.2, 0.25) is 0 Å². The molecule has 0 aromatic carbocycles. The van der Waals surface area contributed by atoms with Crippen LogP contribution in [0.1, 0.15) is 323 Å². The Kier molecular flexibility index (Phi) is 55.2. The van der Waals surface area contributed by atoms with Crippen LogP contribution >= 0.6 is 0 Å².